The number of esters is 1. The Bertz CT molecular complexity index is 421. The number of carbonyl (C=O) groups excluding carboxylic acids is 1. The van der Waals surface area contributed by atoms with Crippen molar-refractivity contribution in [2.24, 2.45) is 5.18 Å². The van der Waals surface area contributed by atoms with Crippen LogP contribution in [0.4, 0.5) is 11.4 Å². The molecular formula is C12H16N2O4. The Hall–Kier alpha value is -1.95. The molecule has 6 nitrogen and oxygen atoms in total. The molecule has 0 saturated heterocycles. The minimum absolute atomic E-state index is 0.190. The monoisotopic (exact) mass is 252 g/mol. The summed E-state index contributed by atoms with van der Waals surface area (Å²) in [6.45, 7) is 1.17. The average Bonchev–Trinajstić information content (AvgIpc) is 2.42. The summed E-state index contributed by atoms with van der Waals surface area (Å²) in [4.78, 5) is 22.3. The van der Waals surface area contributed by atoms with Gasteiger partial charge < -0.3 is 14.8 Å². The molecule has 98 valence electrons. The topological polar surface area (TPSA) is 77.0 Å². The van der Waals surface area contributed by atoms with Gasteiger partial charge in [-0.15, -0.1) is 4.91 Å². The molecule has 1 aromatic carbocycles. The molecule has 0 saturated carbocycles. The van der Waals surface area contributed by atoms with Gasteiger partial charge in [0.15, 0.2) is 0 Å². The number of benzene rings is 1. The molecule has 6 heteroatoms. The number of hydrogen-bond donors (Lipinski definition) is 1. The van der Waals surface area contributed by atoms with E-state index < -0.39 is 5.97 Å². The van der Waals surface area contributed by atoms with Gasteiger partial charge in [0.1, 0.15) is 5.69 Å². The highest BCUT2D eigenvalue weighted by Crippen LogP contribution is 2.29. The summed E-state index contributed by atoms with van der Waals surface area (Å²) in [6, 6.07) is 4.71. The maximum absolute atomic E-state index is 11.6. The Morgan fingerprint density at radius 1 is 1.39 bits per heavy atom. The molecule has 0 radical (unpaired) electrons. The lowest BCUT2D eigenvalue weighted by molar-refractivity contribution is 0.0602. The zero-order valence-corrected chi connectivity index (χ0v) is 10.4. The lowest BCUT2D eigenvalue weighted by atomic mass is 10.1. The van der Waals surface area contributed by atoms with Gasteiger partial charge in [-0.05, 0) is 23.7 Å². The van der Waals surface area contributed by atoms with Crippen molar-refractivity contribution in [2.75, 3.05) is 32.7 Å². The first-order chi connectivity index (χ1) is 8.74. The van der Waals surface area contributed by atoms with Crippen molar-refractivity contribution in [2.45, 2.75) is 6.42 Å². The Morgan fingerprint density at radius 2 is 2.17 bits per heavy atom. The lowest BCUT2D eigenvalue weighted by Gasteiger charge is -2.11. The second-order valence-electron chi connectivity index (χ2n) is 3.56. The van der Waals surface area contributed by atoms with Crippen LogP contribution in [0.3, 0.4) is 0 Å². The van der Waals surface area contributed by atoms with Gasteiger partial charge in [0.05, 0.1) is 18.4 Å². The molecule has 0 spiro atoms. The molecular weight excluding hydrogens is 236 g/mol. The molecule has 1 rings (SSSR count). The first kappa shape index (κ1) is 14.1. The number of para-hydroxylation sites is 1. The first-order valence-corrected chi connectivity index (χ1v) is 5.52. The molecule has 0 amide bonds. The van der Waals surface area contributed by atoms with Crippen LogP contribution in [-0.2, 0) is 9.47 Å². The van der Waals surface area contributed by atoms with Crippen LogP contribution in [-0.4, -0.2) is 33.3 Å². The molecule has 0 atom stereocenters. The molecule has 1 aromatic rings. The van der Waals surface area contributed by atoms with Crippen LogP contribution in [0.25, 0.3) is 0 Å². The van der Waals surface area contributed by atoms with Crippen LogP contribution in [0.1, 0.15) is 16.8 Å². The Balaban J connectivity index is 2.90. The van der Waals surface area contributed by atoms with Gasteiger partial charge in [-0.25, -0.2) is 4.79 Å². The zero-order valence-electron chi connectivity index (χ0n) is 10.4. The summed E-state index contributed by atoms with van der Waals surface area (Å²) in [5.74, 6) is -0.505. The van der Waals surface area contributed by atoms with Gasteiger partial charge >= 0.3 is 5.97 Å². The van der Waals surface area contributed by atoms with Crippen LogP contribution < -0.4 is 5.32 Å². The fourth-order valence-electron chi connectivity index (χ4n) is 1.51. The third-order valence-corrected chi connectivity index (χ3v) is 2.37. The van der Waals surface area contributed by atoms with Crippen molar-refractivity contribution >= 4 is 17.3 Å². The summed E-state index contributed by atoms with van der Waals surface area (Å²) in [6.07, 6.45) is 0.754. The van der Waals surface area contributed by atoms with E-state index in [0.29, 0.717) is 24.4 Å². The summed E-state index contributed by atoms with van der Waals surface area (Å²) < 4.78 is 9.57. The number of nitroso groups, excluding NO2 is 1. The van der Waals surface area contributed by atoms with Crippen molar-refractivity contribution in [3.63, 3.8) is 0 Å². The highest BCUT2D eigenvalue weighted by atomic mass is 16.5. The number of nitrogens with one attached hydrogen (secondary N) is 1. The van der Waals surface area contributed by atoms with E-state index in [0.717, 1.165) is 6.42 Å². The number of hydrogen-bond acceptors (Lipinski definition) is 6. The molecule has 0 aliphatic carbocycles. The SMILES string of the molecule is COCCCNc1c(N=O)cccc1C(=O)OC. The van der Waals surface area contributed by atoms with E-state index in [9.17, 15) is 9.70 Å². The molecule has 0 aliphatic heterocycles. The lowest BCUT2D eigenvalue weighted by Crippen LogP contribution is -2.10. The van der Waals surface area contributed by atoms with Crippen LogP contribution in [0.5, 0.6) is 0 Å². The standard InChI is InChI=1S/C12H16N2O4/c1-17-8-4-7-13-11-9(12(15)18-2)5-3-6-10(11)14-16/h3,5-6,13H,4,7-8H2,1-2H3. The Morgan fingerprint density at radius 3 is 2.78 bits per heavy atom. The quantitative estimate of drug-likeness (QED) is 0.458. The molecule has 0 aromatic heterocycles. The highest BCUT2D eigenvalue weighted by molar-refractivity contribution is 5.98. The van der Waals surface area contributed by atoms with E-state index >= 15 is 0 Å². The van der Waals surface area contributed by atoms with Crippen molar-refractivity contribution in [1.29, 1.82) is 0 Å². The van der Waals surface area contributed by atoms with Gasteiger partial charge in [-0.1, -0.05) is 6.07 Å². The van der Waals surface area contributed by atoms with Crippen LogP contribution >= 0.6 is 0 Å². The Labute approximate surface area is 105 Å². The molecule has 1 N–H and O–H groups in total. The van der Waals surface area contributed by atoms with Crippen molar-refractivity contribution in [3.8, 4) is 0 Å². The van der Waals surface area contributed by atoms with E-state index in [2.05, 4.69) is 15.2 Å². The number of rotatable bonds is 7. The minimum atomic E-state index is -0.505. The second kappa shape index (κ2) is 7.39. The summed E-state index contributed by atoms with van der Waals surface area (Å²) in [7, 11) is 2.90. The van der Waals surface area contributed by atoms with Crippen molar-refractivity contribution in [3.05, 3.63) is 28.7 Å². The van der Waals surface area contributed by atoms with E-state index in [-0.39, 0.29) is 5.69 Å². The Kier molecular flexibility index (Phi) is 5.79. The predicted molar refractivity (Wildman–Crippen MR) is 68.2 cm³/mol. The maximum Gasteiger partial charge on any atom is 0.340 e. The summed E-state index contributed by atoms with van der Waals surface area (Å²) in [5, 5.41) is 5.90. The number of ether oxygens (including phenoxy) is 2. The third kappa shape index (κ3) is 3.53. The summed E-state index contributed by atoms with van der Waals surface area (Å²) >= 11 is 0. The van der Waals surface area contributed by atoms with Gasteiger partial charge in [-0.2, -0.15) is 0 Å². The van der Waals surface area contributed by atoms with Crippen molar-refractivity contribution in [1.82, 2.24) is 0 Å². The molecule has 18 heavy (non-hydrogen) atoms. The van der Waals surface area contributed by atoms with Crippen molar-refractivity contribution < 1.29 is 14.3 Å². The van der Waals surface area contributed by atoms with Crippen LogP contribution in [0.2, 0.25) is 0 Å². The molecule has 0 aliphatic rings. The number of methoxy groups -OCH3 is 2. The number of anilines is 1. The van der Waals surface area contributed by atoms with Crippen LogP contribution in [0, 0.1) is 4.91 Å². The van der Waals surface area contributed by atoms with Gasteiger partial charge in [-0.3, -0.25) is 0 Å². The minimum Gasteiger partial charge on any atom is -0.465 e. The fraction of sp³-hybridized carbons (Fsp3) is 0.417. The number of nitrogens with zero attached hydrogens (tertiary/aromatic N) is 1. The molecule has 0 unspecified atom stereocenters. The summed E-state index contributed by atoms with van der Waals surface area (Å²) in [5.41, 5.74) is 0.887. The highest BCUT2D eigenvalue weighted by Gasteiger charge is 2.15. The largest absolute Gasteiger partial charge is 0.465 e. The van der Waals surface area contributed by atoms with Gasteiger partial charge in [0.25, 0.3) is 0 Å². The zero-order chi connectivity index (χ0) is 13.4. The molecule has 0 bridgehead atoms. The maximum atomic E-state index is 11.6. The van der Waals surface area contributed by atoms with Gasteiger partial charge in [0, 0.05) is 20.3 Å². The smallest absolute Gasteiger partial charge is 0.340 e. The van der Waals surface area contributed by atoms with E-state index in [1.807, 2.05) is 0 Å². The average molecular weight is 252 g/mol. The molecule has 0 heterocycles. The second-order valence-corrected chi connectivity index (χ2v) is 3.56. The normalized spacial score (nSPS) is 9.89. The molecule has 0 fully saturated rings. The third-order valence-electron chi connectivity index (χ3n) is 2.37. The van der Waals surface area contributed by atoms with E-state index in [4.69, 9.17) is 4.74 Å². The number of carbonyl (C=O) groups is 1. The fourth-order valence-corrected chi connectivity index (χ4v) is 1.51. The van der Waals surface area contributed by atoms with Crippen LogP contribution in [0.15, 0.2) is 23.4 Å². The predicted octanol–water partition coefficient (Wildman–Crippen LogP) is 2.32. The van der Waals surface area contributed by atoms with E-state index in [1.165, 1.54) is 13.2 Å². The first-order valence-electron chi connectivity index (χ1n) is 5.52. The van der Waals surface area contributed by atoms with E-state index in [1.54, 1.807) is 19.2 Å². The van der Waals surface area contributed by atoms with Gasteiger partial charge in [0.2, 0.25) is 0 Å².